The molecule has 0 fully saturated rings. The summed E-state index contributed by atoms with van der Waals surface area (Å²) in [6.45, 7) is 7.33. The van der Waals surface area contributed by atoms with Crippen LogP contribution in [0.5, 0.6) is 0 Å². The second kappa shape index (κ2) is 5.68. The molecule has 0 aromatic carbocycles. The van der Waals surface area contributed by atoms with E-state index in [1.165, 1.54) is 0 Å². The molecule has 0 atom stereocenters. The van der Waals surface area contributed by atoms with Gasteiger partial charge in [-0.15, -0.1) is 0 Å². The second-order valence-electron chi connectivity index (χ2n) is 2.09. The zero-order valence-corrected chi connectivity index (χ0v) is 6.89. The monoisotopic (exact) mass is 155 g/mol. The lowest BCUT2D eigenvalue weighted by molar-refractivity contribution is -0.128. The number of hydroxylamine groups is 1. The Balaban J connectivity index is 3.39. The van der Waals surface area contributed by atoms with E-state index in [1.54, 1.807) is 13.0 Å². The highest BCUT2D eigenvalue weighted by Crippen LogP contribution is 1.84. The smallest absolute Gasteiger partial charge is 0.269 e. The Kier molecular flexibility index (Phi) is 5.11. The molecular formula is C8H13NO2. The summed E-state index contributed by atoms with van der Waals surface area (Å²) in [7, 11) is 0. The first-order valence-electron chi connectivity index (χ1n) is 3.37. The number of hydrogen-bond acceptors (Lipinski definition) is 2. The van der Waals surface area contributed by atoms with Crippen molar-refractivity contribution in [3.63, 3.8) is 0 Å². The summed E-state index contributed by atoms with van der Waals surface area (Å²) in [4.78, 5) is 15.5. The molecule has 3 nitrogen and oxygen atoms in total. The van der Waals surface area contributed by atoms with Gasteiger partial charge in [-0.2, -0.15) is 0 Å². The van der Waals surface area contributed by atoms with Gasteiger partial charge in [-0.1, -0.05) is 18.7 Å². The van der Waals surface area contributed by atoms with Gasteiger partial charge in [0.15, 0.2) is 0 Å². The van der Waals surface area contributed by atoms with Crippen LogP contribution in [0.1, 0.15) is 13.8 Å². The molecule has 0 bridgehead atoms. The number of nitrogens with one attached hydrogen (secondary N) is 1. The molecule has 0 spiro atoms. The summed E-state index contributed by atoms with van der Waals surface area (Å²) >= 11 is 0. The van der Waals surface area contributed by atoms with Gasteiger partial charge >= 0.3 is 0 Å². The number of allylic oxidation sites excluding steroid dienone is 1. The minimum atomic E-state index is -0.283. The third-order valence-corrected chi connectivity index (χ3v) is 0.968. The molecule has 0 heterocycles. The predicted octanol–water partition coefficient (Wildman–Crippen LogP) is 1.19. The first kappa shape index (κ1) is 9.91. The Bertz CT molecular complexity index is 173. The standard InChI is InChI=1S/C8H13NO2/c1-4-5-6-11-9-8(10)7(2)3/h4-5H,2,6H2,1,3H3,(H,9,10)/b5-4+. The zero-order valence-electron chi connectivity index (χ0n) is 6.89. The van der Waals surface area contributed by atoms with Crippen LogP contribution in [-0.4, -0.2) is 12.5 Å². The minimum absolute atomic E-state index is 0.283. The lowest BCUT2D eigenvalue weighted by Crippen LogP contribution is -2.23. The fraction of sp³-hybridized carbons (Fsp3) is 0.375. The average molecular weight is 155 g/mol. The Morgan fingerprint density at radius 3 is 2.82 bits per heavy atom. The van der Waals surface area contributed by atoms with E-state index in [0.717, 1.165) is 0 Å². The molecule has 0 saturated heterocycles. The topological polar surface area (TPSA) is 38.3 Å². The van der Waals surface area contributed by atoms with Crippen LogP contribution < -0.4 is 5.48 Å². The summed E-state index contributed by atoms with van der Waals surface area (Å²) < 4.78 is 0. The maximum Gasteiger partial charge on any atom is 0.269 e. The Labute approximate surface area is 66.7 Å². The van der Waals surface area contributed by atoms with Gasteiger partial charge in [-0.05, 0) is 13.8 Å². The summed E-state index contributed by atoms with van der Waals surface area (Å²) in [5, 5.41) is 0. The lowest BCUT2D eigenvalue weighted by Gasteiger charge is -2.01. The number of carbonyl (C=O) groups excluding carboxylic acids is 1. The van der Waals surface area contributed by atoms with Crippen LogP contribution in [-0.2, 0) is 9.63 Å². The normalized spacial score (nSPS) is 10.0. The van der Waals surface area contributed by atoms with Gasteiger partial charge in [0.1, 0.15) is 0 Å². The summed E-state index contributed by atoms with van der Waals surface area (Å²) in [5.41, 5.74) is 2.66. The van der Waals surface area contributed by atoms with Crippen molar-refractivity contribution in [1.82, 2.24) is 5.48 Å². The van der Waals surface area contributed by atoms with Crippen LogP contribution in [0.4, 0.5) is 0 Å². The molecule has 0 radical (unpaired) electrons. The van der Waals surface area contributed by atoms with Crippen LogP contribution in [0.15, 0.2) is 24.3 Å². The molecule has 0 aliphatic heterocycles. The quantitative estimate of drug-likeness (QED) is 0.286. The van der Waals surface area contributed by atoms with Gasteiger partial charge < -0.3 is 0 Å². The van der Waals surface area contributed by atoms with Gasteiger partial charge in [0.05, 0.1) is 6.61 Å². The highest BCUT2D eigenvalue weighted by Gasteiger charge is 1.97. The van der Waals surface area contributed by atoms with Crippen molar-refractivity contribution in [3.05, 3.63) is 24.3 Å². The molecule has 0 aliphatic carbocycles. The van der Waals surface area contributed by atoms with Crippen molar-refractivity contribution in [1.29, 1.82) is 0 Å². The number of amides is 1. The molecule has 1 N–H and O–H groups in total. The maximum atomic E-state index is 10.7. The molecule has 0 unspecified atom stereocenters. The van der Waals surface area contributed by atoms with Crippen LogP contribution in [0.2, 0.25) is 0 Å². The van der Waals surface area contributed by atoms with E-state index >= 15 is 0 Å². The van der Waals surface area contributed by atoms with Gasteiger partial charge in [0, 0.05) is 5.57 Å². The van der Waals surface area contributed by atoms with Gasteiger partial charge in [-0.25, -0.2) is 5.48 Å². The lowest BCUT2D eigenvalue weighted by atomic mass is 10.3. The van der Waals surface area contributed by atoms with Crippen LogP contribution in [0.3, 0.4) is 0 Å². The van der Waals surface area contributed by atoms with Crippen molar-refractivity contribution in [3.8, 4) is 0 Å². The van der Waals surface area contributed by atoms with Crippen molar-refractivity contribution < 1.29 is 9.63 Å². The van der Waals surface area contributed by atoms with Gasteiger partial charge in [-0.3, -0.25) is 9.63 Å². The zero-order chi connectivity index (χ0) is 8.69. The third-order valence-electron chi connectivity index (χ3n) is 0.968. The molecule has 0 aliphatic rings. The first-order chi connectivity index (χ1) is 5.18. The highest BCUT2D eigenvalue weighted by molar-refractivity contribution is 5.91. The summed E-state index contributed by atoms with van der Waals surface area (Å²) in [6, 6.07) is 0. The number of rotatable bonds is 4. The van der Waals surface area contributed by atoms with Gasteiger partial charge in [0.25, 0.3) is 5.91 Å². The SMILES string of the molecule is C=C(C)C(=O)NOC/C=C/C. The van der Waals surface area contributed by atoms with Gasteiger partial charge in [0.2, 0.25) is 0 Å². The summed E-state index contributed by atoms with van der Waals surface area (Å²) in [6.07, 6.45) is 3.63. The van der Waals surface area contributed by atoms with Crippen LogP contribution in [0, 0.1) is 0 Å². The van der Waals surface area contributed by atoms with Crippen molar-refractivity contribution in [2.75, 3.05) is 6.61 Å². The van der Waals surface area contributed by atoms with Crippen molar-refractivity contribution in [2.24, 2.45) is 0 Å². The average Bonchev–Trinajstić information content (AvgIpc) is 1.97. The minimum Gasteiger partial charge on any atom is -0.269 e. The van der Waals surface area contributed by atoms with E-state index in [4.69, 9.17) is 4.84 Å². The molecule has 3 heteroatoms. The Morgan fingerprint density at radius 2 is 2.36 bits per heavy atom. The van der Waals surface area contributed by atoms with E-state index < -0.39 is 0 Å². The first-order valence-corrected chi connectivity index (χ1v) is 3.37. The van der Waals surface area contributed by atoms with E-state index in [9.17, 15) is 4.79 Å². The van der Waals surface area contributed by atoms with Crippen LogP contribution >= 0.6 is 0 Å². The maximum absolute atomic E-state index is 10.7. The highest BCUT2D eigenvalue weighted by atomic mass is 16.6. The molecule has 0 aromatic rings. The molecular weight excluding hydrogens is 142 g/mol. The molecule has 0 rings (SSSR count). The van der Waals surface area contributed by atoms with Crippen molar-refractivity contribution >= 4 is 5.91 Å². The summed E-state index contributed by atoms with van der Waals surface area (Å²) in [5.74, 6) is -0.283. The van der Waals surface area contributed by atoms with E-state index in [2.05, 4.69) is 12.1 Å². The fourth-order valence-corrected chi connectivity index (χ4v) is 0.339. The van der Waals surface area contributed by atoms with E-state index in [1.807, 2.05) is 13.0 Å². The molecule has 11 heavy (non-hydrogen) atoms. The van der Waals surface area contributed by atoms with Crippen molar-refractivity contribution in [2.45, 2.75) is 13.8 Å². The molecule has 1 amide bonds. The molecule has 62 valence electrons. The Hall–Kier alpha value is -1.09. The third kappa shape index (κ3) is 5.36. The predicted molar refractivity (Wildman–Crippen MR) is 43.7 cm³/mol. The number of hydrogen-bond donors (Lipinski definition) is 1. The second-order valence-corrected chi connectivity index (χ2v) is 2.09. The largest absolute Gasteiger partial charge is 0.269 e. The number of carbonyl (C=O) groups is 1. The van der Waals surface area contributed by atoms with Crippen LogP contribution in [0.25, 0.3) is 0 Å². The molecule has 0 saturated carbocycles. The fourth-order valence-electron chi connectivity index (χ4n) is 0.339. The Morgan fingerprint density at radius 1 is 1.73 bits per heavy atom. The van der Waals surface area contributed by atoms with E-state index in [0.29, 0.717) is 12.2 Å². The van der Waals surface area contributed by atoms with E-state index in [-0.39, 0.29) is 5.91 Å². The molecule has 0 aromatic heterocycles.